The smallest absolute Gasteiger partial charge is 0.137 e. The summed E-state index contributed by atoms with van der Waals surface area (Å²) in [7, 11) is 0. The van der Waals surface area contributed by atoms with Crippen LogP contribution in [0.25, 0.3) is 0 Å². The first kappa shape index (κ1) is 12.0. The van der Waals surface area contributed by atoms with Crippen molar-refractivity contribution in [1.29, 1.82) is 0 Å². The van der Waals surface area contributed by atoms with Gasteiger partial charge in [0.2, 0.25) is 0 Å². The molecule has 15 heavy (non-hydrogen) atoms. The SMILES string of the molecule is CCCCCCOc1ccc(CC)nc1. The van der Waals surface area contributed by atoms with Crippen LogP contribution < -0.4 is 4.74 Å². The van der Waals surface area contributed by atoms with Crippen molar-refractivity contribution < 1.29 is 4.74 Å². The van der Waals surface area contributed by atoms with E-state index in [1.54, 1.807) is 0 Å². The predicted molar refractivity (Wildman–Crippen MR) is 63.3 cm³/mol. The Balaban J connectivity index is 2.20. The molecule has 0 radical (unpaired) electrons. The van der Waals surface area contributed by atoms with E-state index in [1.165, 1.54) is 19.3 Å². The van der Waals surface area contributed by atoms with Crippen LogP contribution in [0.3, 0.4) is 0 Å². The highest BCUT2D eigenvalue weighted by molar-refractivity contribution is 5.19. The molecule has 0 saturated heterocycles. The molecule has 0 amide bonds. The third kappa shape index (κ3) is 4.82. The summed E-state index contributed by atoms with van der Waals surface area (Å²) >= 11 is 0. The van der Waals surface area contributed by atoms with Crippen LogP contribution in [0.1, 0.15) is 45.2 Å². The summed E-state index contributed by atoms with van der Waals surface area (Å²) in [5.74, 6) is 0.892. The molecule has 0 unspecified atom stereocenters. The molecule has 0 aliphatic carbocycles. The van der Waals surface area contributed by atoms with E-state index in [-0.39, 0.29) is 0 Å². The van der Waals surface area contributed by atoms with Gasteiger partial charge < -0.3 is 4.74 Å². The van der Waals surface area contributed by atoms with E-state index in [2.05, 4.69) is 18.8 Å². The highest BCUT2D eigenvalue weighted by Crippen LogP contribution is 2.10. The summed E-state index contributed by atoms with van der Waals surface area (Å²) in [6, 6.07) is 4.03. The van der Waals surface area contributed by atoms with Gasteiger partial charge in [-0.3, -0.25) is 4.98 Å². The maximum atomic E-state index is 5.59. The number of hydrogen-bond donors (Lipinski definition) is 0. The molecule has 0 spiro atoms. The number of aryl methyl sites for hydroxylation is 1. The Bertz CT molecular complexity index is 256. The quantitative estimate of drug-likeness (QED) is 0.637. The Morgan fingerprint density at radius 1 is 1.13 bits per heavy atom. The van der Waals surface area contributed by atoms with Gasteiger partial charge in [-0.2, -0.15) is 0 Å². The molecular formula is C13H21NO. The van der Waals surface area contributed by atoms with E-state index in [1.807, 2.05) is 18.3 Å². The maximum absolute atomic E-state index is 5.59. The second kappa shape index (κ2) is 7.27. The van der Waals surface area contributed by atoms with Crippen LogP contribution >= 0.6 is 0 Å². The molecule has 0 aliphatic rings. The summed E-state index contributed by atoms with van der Waals surface area (Å²) in [5.41, 5.74) is 1.12. The maximum Gasteiger partial charge on any atom is 0.137 e. The second-order valence-corrected chi connectivity index (χ2v) is 3.75. The number of pyridine rings is 1. The average molecular weight is 207 g/mol. The van der Waals surface area contributed by atoms with Crippen LogP contribution in [0.5, 0.6) is 5.75 Å². The van der Waals surface area contributed by atoms with Crippen molar-refractivity contribution in [2.75, 3.05) is 6.61 Å². The first-order valence-corrected chi connectivity index (χ1v) is 5.94. The fourth-order valence-electron chi connectivity index (χ4n) is 1.42. The molecule has 0 N–H and O–H groups in total. The van der Waals surface area contributed by atoms with Crippen molar-refractivity contribution in [2.24, 2.45) is 0 Å². The molecule has 84 valence electrons. The van der Waals surface area contributed by atoms with Gasteiger partial charge in [-0.1, -0.05) is 33.1 Å². The number of rotatable bonds is 7. The Kier molecular flexibility index (Phi) is 5.83. The van der Waals surface area contributed by atoms with E-state index >= 15 is 0 Å². The van der Waals surface area contributed by atoms with E-state index in [0.29, 0.717) is 0 Å². The lowest BCUT2D eigenvalue weighted by atomic mass is 10.2. The lowest BCUT2D eigenvalue weighted by Gasteiger charge is -2.05. The predicted octanol–water partition coefficient (Wildman–Crippen LogP) is 3.60. The van der Waals surface area contributed by atoms with Gasteiger partial charge in [0.15, 0.2) is 0 Å². The van der Waals surface area contributed by atoms with Gasteiger partial charge in [0.1, 0.15) is 5.75 Å². The summed E-state index contributed by atoms with van der Waals surface area (Å²) in [4.78, 5) is 4.29. The molecule has 0 aromatic carbocycles. The topological polar surface area (TPSA) is 22.1 Å². The zero-order valence-corrected chi connectivity index (χ0v) is 9.83. The normalized spacial score (nSPS) is 10.3. The van der Waals surface area contributed by atoms with Crippen LogP contribution in [0.15, 0.2) is 18.3 Å². The minimum absolute atomic E-state index is 0.813. The van der Waals surface area contributed by atoms with Gasteiger partial charge in [-0.25, -0.2) is 0 Å². The lowest BCUT2D eigenvalue weighted by molar-refractivity contribution is 0.304. The molecular weight excluding hydrogens is 186 g/mol. The Hall–Kier alpha value is -1.05. The molecule has 1 heterocycles. The number of hydrogen-bond acceptors (Lipinski definition) is 2. The third-order valence-electron chi connectivity index (χ3n) is 2.43. The summed E-state index contributed by atoms with van der Waals surface area (Å²) in [6.07, 6.45) is 7.78. The highest BCUT2D eigenvalue weighted by atomic mass is 16.5. The summed E-state index contributed by atoms with van der Waals surface area (Å²) in [5, 5.41) is 0. The van der Waals surface area contributed by atoms with Crippen LogP contribution in [-0.4, -0.2) is 11.6 Å². The van der Waals surface area contributed by atoms with E-state index in [9.17, 15) is 0 Å². The summed E-state index contributed by atoms with van der Waals surface area (Å²) < 4.78 is 5.59. The zero-order valence-electron chi connectivity index (χ0n) is 9.83. The lowest BCUT2D eigenvalue weighted by Crippen LogP contribution is -1.98. The van der Waals surface area contributed by atoms with Crippen molar-refractivity contribution in [2.45, 2.75) is 46.0 Å². The van der Waals surface area contributed by atoms with Gasteiger partial charge in [-0.05, 0) is 25.0 Å². The molecule has 1 aromatic rings. The minimum atomic E-state index is 0.813. The van der Waals surface area contributed by atoms with Crippen molar-refractivity contribution in [3.8, 4) is 5.75 Å². The monoisotopic (exact) mass is 207 g/mol. The standard InChI is InChI=1S/C13H21NO/c1-3-5-6-7-10-15-13-9-8-12(4-2)14-11-13/h8-9,11H,3-7,10H2,1-2H3. The van der Waals surface area contributed by atoms with E-state index < -0.39 is 0 Å². The second-order valence-electron chi connectivity index (χ2n) is 3.75. The van der Waals surface area contributed by atoms with Gasteiger partial charge in [0.25, 0.3) is 0 Å². The van der Waals surface area contributed by atoms with Crippen LogP contribution in [0.4, 0.5) is 0 Å². The largest absolute Gasteiger partial charge is 0.492 e. The zero-order chi connectivity index (χ0) is 10.9. The van der Waals surface area contributed by atoms with Gasteiger partial charge in [0.05, 0.1) is 12.8 Å². The molecule has 0 atom stereocenters. The third-order valence-corrected chi connectivity index (χ3v) is 2.43. The molecule has 1 rings (SSSR count). The number of nitrogens with zero attached hydrogens (tertiary/aromatic N) is 1. The van der Waals surface area contributed by atoms with Gasteiger partial charge in [0, 0.05) is 5.69 Å². The Labute approximate surface area is 92.7 Å². The fourth-order valence-corrected chi connectivity index (χ4v) is 1.42. The number of aromatic nitrogens is 1. The minimum Gasteiger partial charge on any atom is -0.492 e. The number of unbranched alkanes of at least 4 members (excludes halogenated alkanes) is 3. The van der Waals surface area contributed by atoms with Crippen molar-refractivity contribution in [3.05, 3.63) is 24.0 Å². The first-order valence-electron chi connectivity index (χ1n) is 5.94. The highest BCUT2D eigenvalue weighted by Gasteiger charge is 1.95. The van der Waals surface area contributed by atoms with Crippen molar-refractivity contribution >= 4 is 0 Å². The molecule has 0 saturated carbocycles. The molecule has 2 nitrogen and oxygen atoms in total. The van der Waals surface area contributed by atoms with Gasteiger partial charge >= 0.3 is 0 Å². The van der Waals surface area contributed by atoms with Gasteiger partial charge in [-0.15, -0.1) is 0 Å². The van der Waals surface area contributed by atoms with Crippen molar-refractivity contribution in [1.82, 2.24) is 4.98 Å². The summed E-state index contributed by atoms with van der Waals surface area (Å²) in [6.45, 7) is 5.13. The van der Waals surface area contributed by atoms with Crippen LogP contribution in [-0.2, 0) is 6.42 Å². The number of ether oxygens (including phenoxy) is 1. The fraction of sp³-hybridized carbons (Fsp3) is 0.615. The molecule has 0 fully saturated rings. The molecule has 1 aromatic heterocycles. The van der Waals surface area contributed by atoms with E-state index in [4.69, 9.17) is 4.74 Å². The van der Waals surface area contributed by atoms with E-state index in [0.717, 1.165) is 30.9 Å². The van der Waals surface area contributed by atoms with Crippen molar-refractivity contribution in [3.63, 3.8) is 0 Å². The van der Waals surface area contributed by atoms with Crippen LogP contribution in [0, 0.1) is 0 Å². The Morgan fingerprint density at radius 2 is 2.00 bits per heavy atom. The average Bonchev–Trinajstić information content (AvgIpc) is 2.30. The first-order chi connectivity index (χ1) is 7.36. The molecule has 2 heteroatoms. The van der Waals surface area contributed by atoms with Crippen LogP contribution in [0.2, 0.25) is 0 Å². The molecule has 0 bridgehead atoms. The molecule has 0 aliphatic heterocycles. The Morgan fingerprint density at radius 3 is 2.60 bits per heavy atom.